The Labute approximate surface area is 174 Å². The van der Waals surface area contributed by atoms with Crippen LogP contribution in [0.2, 0.25) is 0 Å². The maximum atomic E-state index is 12.7. The highest BCUT2D eigenvalue weighted by Crippen LogP contribution is 2.36. The molecule has 1 amide bonds. The molecule has 29 heavy (non-hydrogen) atoms. The van der Waals surface area contributed by atoms with Gasteiger partial charge in [0.05, 0.1) is 13.7 Å². The molecule has 0 aliphatic heterocycles. The van der Waals surface area contributed by atoms with E-state index in [4.69, 9.17) is 9.47 Å². The second-order valence-electron chi connectivity index (χ2n) is 6.69. The van der Waals surface area contributed by atoms with Gasteiger partial charge in [0.2, 0.25) is 5.91 Å². The van der Waals surface area contributed by atoms with Crippen LogP contribution in [0.1, 0.15) is 42.1 Å². The molecule has 0 atom stereocenters. The lowest BCUT2D eigenvalue weighted by Crippen LogP contribution is -2.15. The van der Waals surface area contributed by atoms with Gasteiger partial charge in [-0.2, -0.15) is 0 Å². The highest BCUT2D eigenvalue weighted by Gasteiger charge is 2.21. The van der Waals surface area contributed by atoms with Crippen molar-refractivity contribution in [3.8, 4) is 5.75 Å². The van der Waals surface area contributed by atoms with Crippen LogP contribution in [0.15, 0.2) is 48.5 Å². The molecule has 0 fully saturated rings. The number of unbranched alkanes of at least 4 members (excludes halogenated alkanes) is 1. The standard InChI is InChI=1S/C23H25NO4S/c1-3-4-15-28-23(26)21-18-7-5-6-8-19(18)29-22(21)24-20(25)14-11-16-9-12-17(27-2)13-10-16/h5-10,12-13H,3-4,11,14-15H2,1-2H3,(H,24,25). The third kappa shape index (κ3) is 5.35. The van der Waals surface area contributed by atoms with Crippen LogP contribution in [0.25, 0.3) is 10.1 Å². The van der Waals surface area contributed by atoms with E-state index in [1.807, 2.05) is 55.5 Å². The molecule has 0 spiro atoms. The van der Waals surface area contributed by atoms with Gasteiger partial charge in [-0.15, -0.1) is 11.3 Å². The van der Waals surface area contributed by atoms with Crippen molar-refractivity contribution in [2.75, 3.05) is 19.0 Å². The van der Waals surface area contributed by atoms with Crippen LogP contribution in [-0.2, 0) is 16.0 Å². The van der Waals surface area contributed by atoms with Crippen molar-refractivity contribution in [2.45, 2.75) is 32.6 Å². The summed E-state index contributed by atoms with van der Waals surface area (Å²) >= 11 is 1.40. The van der Waals surface area contributed by atoms with Gasteiger partial charge in [0.1, 0.15) is 16.3 Å². The molecule has 0 unspecified atom stereocenters. The number of rotatable bonds is 9. The summed E-state index contributed by atoms with van der Waals surface area (Å²) in [7, 11) is 1.62. The van der Waals surface area contributed by atoms with Crippen molar-refractivity contribution in [2.24, 2.45) is 0 Å². The molecule has 152 valence electrons. The summed E-state index contributed by atoms with van der Waals surface area (Å²) in [6.07, 6.45) is 2.70. The lowest BCUT2D eigenvalue weighted by molar-refractivity contribution is -0.116. The Bertz CT molecular complexity index is 978. The first-order valence-electron chi connectivity index (χ1n) is 9.73. The average Bonchev–Trinajstić information content (AvgIpc) is 3.10. The molecule has 1 N–H and O–H groups in total. The quantitative estimate of drug-likeness (QED) is 0.376. The Morgan fingerprint density at radius 1 is 1.07 bits per heavy atom. The van der Waals surface area contributed by atoms with Gasteiger partial charge in [-0.05, 0) is 36.6 Å². The highest BCUT2D eigenvalue weighted by atomic mass is 32.1. The van der Waals surface area contributed by atoms with Gasteiger partial charge in [0, 0.05) is 16.5 Å². The molecule has 0 radical (unpaired) electrons. The van der Waals surface area contributed by atoms with Crippen molar-refractivity contribution in [1.82, 2.24) is 0 Å². The molecule has 3 rings (SSSR count). The van der Waals surface area contributed by atoms with Crippen LogP contribution < -0.4 is 10.1 Å². The molecular formula is C23H25NO4S. The Morgan fingerprint density at radius 3 is 2.55 bits per heavy atom. The van der Waals surface area contributed by atoms with Crippen molar-refractivity contribution in [1.29, 1.82) is 0 Å². The molecular weight excluding hydrogens is 386 g/mol. The summed E-state index contributed by atoms with van der Waals surface area (Å²) in [5.74, 6) is 0.269. The monoisotopic (exact) mass is 411 g/mol. The summed E-state index contributed by atoms with van der Waals surface area (Å²) in [6, 6.07) is 15.3. The van der Waals surface area contributed by atoms with E-state index in [9.17, 15) is 9.59 Å². The second kappa shape index (κ2) is 10.1. The van der Waals surface area contributed by atoms with E-state index >= 15 is 0 Å². The van der Waals surface area contributed by atoms with Gasteiger partial charge in [-0.3, -0.25) is 4.79 Å². The largest absolute Gasteiger partial charge is 0.497 e. The SMILES string of the molecule is CCCCOC(=O)c1c(NC(=O)CCc2ccc(OC)cc2)sc2ccccc12. The number of hydrogen-bond donors (Lipinski definition) is 1. The van der Waals surface area contributed by atoms with Crippen molar-refractivity contribution in [3.63, 3.8) is 0 Å². The van der Waals surface area contributed by atoms with Gasteiger partial charge in [-0.1, -0.05) is 43.7 Å². The molecule has 0 saturated heterocycles. The number of amides is 1. The van der Waals surface area contributed by atoms with E-state index in [-0.39, 0.29) is 11.9 Å². The Morgan fingerprint density at radius 2 is 1.83 bits per heavy atom. The smallest absolute Gasteiger partial charge is 0.341 e. The number of aryl methyl sites for hydroxylation is 1. The number of fused-ring (bicyclic) bond motifs is 1. The zero-order valence-electron chi connectivity index (χ0n) is 16.7. The molecule has 0 bridgehead atoms. The predicted octanol–water partition coefficient (Wildman–Crippen LogP) is 5.44. The Balaban J connectivity index is 1.71. The first-order chi connectivity index (χ1) is 14.1. The van der Waals surface area contributed by atoms with Crippen molar-refractivity contribution >= 4 is 38.3 Å². The molecule has 5 nitrogen and oxygen atoms in total. The van der Waals surface area contributed by atoms with Gasteiger partial charge in [-0.25, -0.2) is 4.79 Å². The number of esters is 1. The molecule has 0 saturated carbocycles. The number of carbonyl (C=O) groups excluding carboxylic acids is 2. The van der Waals surface area contributed by atoms with Crippen LogP contribution >= 0.6 is 11.3 Å². The minimum absolute atomic E-state index is 0.130. The number of carbonyl (C=O) groups is 2. The first kappa shape index (κ1) is 20.9. The maximum absolute atomic E-state index is 12.7. The third-order valence-corrected chi connectivity index (χ3v) is 5.67. The number of thiophene rings is 1. The van der Waals surface area contributed by atoms with Crippen LogP contribution in [-0.4, -0.2) is 25.6 Å². The second-order valence-corrected chi connectivity index (χ2v) is 7.74. The minimum atomic E-state index is -0.388. The van der Waals surface area contributed by atoms with Crippen LogP contribution in [0.3, 0.4) is 0 Å². The summed E-state index contributed by atoms with van der Waals surface area (Å²) in [5.41, 5.74) is 1.50. The number of hydrogen-bond acceptors (Lipinski definition) is 5. The average molecular weight is 412 g/mol. The fraction of sp³-hybridized carbons (Fsp3) is 0.304. The fourth-order valence-electron chi connectivity index (χ4n) is 2.96. The Hall–Kier alpha value is -2.86. The summed E-state index contributed by atoms with van der Waals surface area (Å²) < 4.78 is 11.5. The van der Waals surface area contributed by atoms with Crippen molar-refractivity contribution < 1.29 is 19.1 Å². The summed E-state index contributed by atoms with van der Waals surface area (Å²) in [6.45, 7) is 2.42. The van der Waals surface area contributed by atoms with E-state index in [0.717, 1.165) is 34.2 Å². The summed E-state index contributed by atoms with van der Waals surface area (Å²) in [4.78, 5) is 25.2. The number of ether oxygens (including phenoxy) is 2. The van der Waals surface area contributed by atoms with E-state index in [1.165, 1.54) is 11.3 Å². The molecule has 2 aromatic carbocycles. The normalized spacial score (nSPS) is 10.7. The lowest BCUT2D eigenvalue weighted by Gasteiger charge is -2.08. The van der Waals surface area contributed by atoms with E-state index in [2.05, 4.69) is 5.32 Å². The van der Waals surface area contributed by atoms with Gasteiger partial charge < -0.3 is 14.8 Å². The highest BCUT2D eigenvalue weighted by molar-refractivity contribution is 7.23. The molecule has 1 aromatic heterocycles. The summed E-state index contributed by atoms with van der Waals surface area (Å²) in [5, 5.41) is 4.28. The molecule has 1 heterocycles. The number of nitrogens with one attached hydrogen (secondary N) is 1. The lowest BCUT2D eigenvalue weighted by atomic mass is 10.1. The molecule has 0 aliphatic rings. The van der Waals surface area contributed by atoms with Gasteiger partial charge in [0.15, 0.2) is 0 Å². The van der Waals surface area contributed by atoms with E-state index < -0.39 is 0 Å². The number of anilines is 1. The number of methoxy groups -OCH3 is 1. The fourth-order valence-corrected chi connectivity index (χ4v) is 4.06. The topological polar surface area (TPSA) is 64.6 Å². The third-order valence-electron chi connectivity index (χ3n) is 4.58. The van der Waals surface area contributed by atoms with E-state index in [1.54, 1.807) is 7.11 Å². The maximum Gasteiger partial charge on any atom is 0.341 e. The predicted molar refractivity (Wildman–Crippen MR) is 117 cm³/mol. The number of benzene rings is 2. The first-order valence-corrected chi connectivity index (χ1v) is 10.6. The molecule has 6 heteroatoms. The van der Waals surface area contributed by atoms with Gasteiger partial charge >= 0.3 is 5.97 Å². The van der Waals surface area contributed by atoms with Crippen molar-refractivity contribution in [3.05, 3.63) is 59.7 Å². The van der Waals surface area contributed by atoms with E-state index in [0.29, 0.717) is 30.0 Å². The zero-order chi connectivity index (χ0) is 20.6. The van der Waals surface area contributed by atoms with Crippen LogP contribution in [0, 0.1) is 0 Å². The van der Waals surface area contributed by atoms with Gasteiger partial charge in [0.25, 0.3) is 0 Å². The van der Waals surface area contributed by atoms with Crippen LogP contribution in [0.5, 0.6) is 5.75 Å². The van der Waals surface area contributed by atoms with Crippen LogP contribution in [0.4, 0.5) is 5.00 Å². The zero-order valence-corrected chi connectivity index (χ0v) is 17.5. The Kier molecular flexibility index (Phi) is 7.25. The molecule has 0 aliphatic carbocycles. The molecule has 3 aromatic rings. The minimum Gasteiger partial charge on any atom is -0.497 e.